The molecule has 156 valence electrons. The Bertz CT molecular complexity index is 1040. The molecule has 5 heteroatoms. The van der Waals surface area contributed by atoms with Gasteiger partial charge in [0, 0.05) is 29.3 Å². The van der Waals surface area contributed by atoms with Gasteiger partial charge in [-0.15, -0.1) is 0 Å². The number of pyridine rings is 1. The number of benzene rings is 1. The summed E-state index contributed by atoms with van der Waals surface area (Å²) < 4.78 is 2.41. The van der Waals surface area contributed by atoms with Gasteiger partial charge in [0.25, 0.3) is 0 Å². The summed E-state index contributed by atoms with van der Waals surface area (Å²) in [5.74, 6) is 0. The standard InChI is InChI=1S/C25H30N4S/c1-6-19-10-12-20(13-11-19)29-24(21-15-17(4)28(16(2)3)18(21)5)23(27-25(29)30)22-9-7-8-14-26-22/h7-16,23-24H,6H2,1-5H3,(H,27,30). The SMILES string of the molecule is CCc1ccc(N2C(=S)NC(c3ccccn3)C2c2cc(C)n(C(C)C)c2C)cc1. The zero-order chi connectivity index (χ0) is 21.4. The van der Waals surface area contributed by atoms with Crippen molar-refractivity contribution >= 4 is 23.0 Å². The molecular formula is C25H30N4S. The molecule has 0 aliphatic carbocycles. The van der Waals surface area contributed by atoms with Crippen molar-refractivity contribution < 1.29 is 0 Å². The molecule has 1 fully saturated rings. The monoisotopic (exact) mass is 418 g/mol. The van der Waals surface area contributed by atoms with E-state index in [1.807, 2.05) is 18.3 Å². The van der Waals surface area contributed by atoms with E-state index in [1.54, 1.807) is 0 Å². The second kappa shape index (κ2) is 8.23. The van der Waals surface area contributed by atoms with Gasteiger partial charge in [-0.05, 0) is 87.8 Å². The van der Waals surface area contributed by atoms with Gasteiger partial charge in [0.15, 0.2) is 5.11 Å². The highest BCUT2D eigenvalue weighted by Crippen LogP contribution is 2.43. The Kier molecular flexibility index (Phi) is 5.65. The number of hydrogen-bond acceptors (Lipinski definition) is 2. The third kappa shape index (κ3) is 3.52. The first-order valence-electron chi connectivity index (χ1n) is 10.7. The van der Waals surface area contributed by atoms with Crippen molar-refractivity contribution in [3.63, 3.8) is 0 Å². The number of hydrogen-bond donors (Lipinski definition) is 1. The molecule has 1 aromatic carbocycles. The van der Waals surface area contributed by atoms with Crippen LogP contribution in [0.15, 0.2) is 54.7 Å². The van der Waals surface area contributed by atoms with E-state index in [9.17, 15) is 0 Å². The molecule has 2 atom stereocenters. The second-order valence-corrected chi connectivity index (χ2v) is 8.69. The van der Waals surface area contributed by atoms with Crippen molar-refractivity contribution in [2.45, 2.75) is 59.2 Å². The Labute approximate surface area is 184 Å². The predicted molar refractivity (Wildman–Crippen MR) is 128 cm³/mol. The van der Waals surface area contributed by atoms with Crippen molar-refractivity contribution in [1.29, 1.82) is 0 Å². The van der Waals surface area contributed by atoms with E-state index in [2.05, 4.69) is 90.8 Å². The molecule has 1 N–H and O–H groups in total. The molecule has 0 bridgehead atoms. The summed E-state index contributed by atoms with van der Waals surface area (Å²) >= 11 is 5.85. The summed E-state index contributed by atoms with van der Waals surface area (Å²) in [7, 11) is 0. The fourth-order valence-electron chi connectivity index (χ4n) is 4.74. The fraction of sp³-hybridized carbons (Fsp3) is 0.360. The molecular weight excluding hydrogens is 388 g/mol. The Morgan fingerprint density at radius 2 is 1.83 bits per heavy atom. The highest BCUT2D eigenvalue weighted by atomic mass is 32.1. The summed E-state index contributed by atoms with van der Waals surface area (Å²) in [6, 6.07) is 17.6. The van der Waals surface area contributed by atoms with Crippen molar-refractivity contribution in [3.05, 3.63) is 82.9 Å². The zero-order valence-electron chi connectivity index (χ0n) is 18.4. The third-order valence-corrected chi connectivity index (χ3v) is 6.39. The van der Waals surface area contributed by atoms with Crippen LogP contribution in [0.2, 0.25) is 0 Å². The van der Waals surface area contributed by atoms with Crippen LogP contribution in [0.25, 0.3) is 0 Å². The lowest BCUT2D eigenvalue weighted by atomic mass is 9.96. The number of rotatable bonds is 5. The largest absolute Gasteiger partial charge is 0.351 e. The Balaban J connectivity index is 1.87. The summed E-state index contributed by atoms with van der Waals surface area (Å²) in [6.07, 6.45) is 2.88. The smallest absolute Gasteiger partial charge is 0.174 e. The van der Waals surface area contributed by atoms with Gasteiger partial charge < -0.3 is 14.8 Å². The molecule has 1 aliphatic heterocycles. The lowest BCUT2D eigenvalue weighted by Crippen LogP contribution is -2.29. The van der Waals surface area contributed by atoms with Gasteiger partial charge in [0.2, 0.25) is 0 Å². The maximum Gasteiger partial charge on any atom is 0.174 e. The molecule has 4 rings (SSSR count). The number of thiocarbonyl (C=S) groups is 1. The van der Waals surface area contributed by atoms with Crippen molar-refractivity contribution in [2.24, 2.45) is 0 Å². The number of anilines is 1. The van der Waals surface area contributed by atoms with E-state index in [0.29, 0.717) is 6.04 Å². The van der Waals surface area contributed by atoms with Gasteiger partial charge >= 0.3 is 0 Å². The summed E-state index contributed by atoms with van der Waals surface area (Å²) in [5, 5.41) is 4.31. The van der Waals surface area contributed by atoms with Gasteiger partial charge in [0.05, 0.1) is 17.8 Å². The van der Waals surface area contributed by atoms with Crippen molar-refractivity contribution in [1.82, 2.24) is 14.9 Å². The van der Waals surface area contributed by atoms with E-state index in [-0.39, 0.29) is 12.1 Å². The molecule has 0 amide bonds. The first-order valence-corrected chi connectivity index (χ1v) is 11.1. The van der Waals surface area contributed by atoms with Gasteiger partial charge in [-0.3, -0.25) is 4.98 Å². The van der Waals surface area contributed by atoms with Crippen LogP contribution in [0.3, 0.4) is 0 Å². The maximum absolute atomic E-state index is 5.85. The lowest BCUT2D eigenvalue weighted by Gasteiger charge is -2.28. The molecule has 3 heterocycles. The van der Waals surface area contributed by atoms with Gasteiger partial charge in [0.1, 0.15) is 0 Å². The third-order valence-electron chi connectivity index (χ3n) is 6.08. The van der Waals surface area contributed by atoms with E-state index >= 15 is 0 Å². The Morgan fingerprint density at radius 3 is 2.40 bits per heavy atom. The van der Waals surface area contributed by atoms with Crippen LogP contribution in [-0.4, -0.2) is 14.7 Å². The number of nitrogens with zero attached hydrogens (tertiary/aromatic N) is 3. The van der Waals surface area contributed by atoms with Crippen LogP contribution in [-0.2, 0) is 6.42 Å². The molecule has 0 radical (unpaired) electrons. The number of aryl methyl sites for hydroxylation is 2. The predicted octanol–water partition coefficient (Wildman–Crippen LogP) is 5.82. The second-order valence-electron chi connectivity index (χ2n) is 8.31. The van der Waals surface area contributed by atoms with Crippen LogP contribution >= 0.6 is 12.2 Å². The zero-order valence-corrected chi connectivity index (χ0v) is 19.2. The van der Waals surface area contributed by atoms with E-state index in [4.69, 9.17) is 12.2 Å². The minimum Gasteiger partial charge on any atom is -0.351 e. The van der Waals surface area contributed by atoms with Crippen LogP contribution in [0.4, 0.5) is 5.69 Å². The van der Waals surface area contributed by atoms with Gasteiger partial charge in [-0.2, -0.15) is 0 Å². The topological polar surface area (TPSA) is 33.1 Å². The molecule has 0 spiro atoms. The average molecular weight is 419 g/mol. The molecule has 30 heavy (non-hydrogen) atoms. The Morgan fingerprint density at radius 1 is 1.10 bits per heavy atom. The summed E-state index contributed by atoms with van der Waals surface area (Å²) in [5.41, 5.74) is 7.30. The van der Waals surface area contributed by atoms with Crippen LogP contribution in [0.5, 0.6) is 0 Å². The Hall–Kier alpha value is -2.66. The number of nitrogens with one attached hydrogen (secondary N) is 1. The van der Waals surface area contributed by atoms with Crippen molar-refractivity contribution in [2.75, 3.05) is 4.90 Å². The van der Waals surface area contributed by atoms with E-state index in [0.717, 1.165) is 22.9 Å². The highest BCUT2D eigenvalue weighted by molar-refractivity contribution is 7.80. The maximum atomic E-state index is 5.85. The molecule has 2 aromatic heterocycles. The average Bonchev–Trinajstić information content (AvgIpc) is 3.24. The first kappa shape index (κ1) is 20.6. The fourth-order valence-corrected chi connectivity index (χ4v) is 5.08. The first-order chi connectivity index (χ1) is 14.4. The van der Waals surface area contributed by atoms with Gasteiger partial charge in [-0.1, -0.05) is 25.1 Å². The highest BCUT2D eigenvalue weighted by Gasteiger charge is 2.42. The van der Waals surface area contributed by atoms with Crippen LogP contribution in [0, 0.1) is 13.8 Å². The normalized spacial score (nSPS) is 18.9. The summed E-state index contributed by atoms with van der Waals surface area (Å²) in [4.78, 5) is 6.93. The lowest BCUT2D eigenvalue weighted by molar-refractivity contribution is 0.547. The molecule has 3 aromatic rings. The summed E-state index contributed by atoms with van der Waals surface area (Å²) in [6.45, 7) is 11.1. The molecule has 1 saturated heterocycles. The van der Waals surface area contributed by atoms with Crippen LogP contribution < -0.4 is 10.2 Å². The van der Waals surface area contributed by atoms with Crippen LogP contribution in [0.1, 0.15) is 67.1 Å². The molecule has 1 aliphatic rings. The quantitative estimate of drug-likeness (QED) is 0.529. The molecule has 0 saturated carbocycles. The van der Waals surface area contributed by atoms with Gasteiger partial charge in [-0.25, -0.2) is 0 Å². The van der Waals surface area contributed by atoms with E-state index in [1.165, 1.54) is 22.5 Å². The number of aromatic nitrogens is 2. The van der Waals surface area contributed by atoms with E-state index < -0.39 is 0 Å². The van der Waals surface area contributed by atoms with Crippen molar-refractivity contribution in [3.8, 4) is 0 Å². The molecule has 2 unspecified atom stereocenters. The minimum absolute atomic E-state index is 0.00864. The molecule has 4 nitrogen and oxygen atoms in total. The minimum atomic E-state index is -0.00864.